The van der Waals surface area contributed by atoms with Gasteiger partial charge in [-0.3, -0.25) is 9.36 Å². The molecule has 2 heterocycles. The smallest absolute Gasteiger partial charge is 0.338 e. The van der Waals surface area contributed by atoms with E-state index in [0.717, 1.165) is 20.1 Å². The van der Waals surface area contributed by atoms with Crippen molar-refractivity contribution in [3.63, 3.8) is 0 Å². The number of rotatable bonds is 6. The zero-order valence-corrected chi connectivity index (χ0v) is 24.6. The molecule has 6 nitrogen and oxygen atoms in total. The van der Waals surface area contributed by atoms with Crippen LogP contribution < -0.4 is 19.6 Å². The van der Waals surface area contributed by atoms with Crippen molar-refractivity contribution < 1.29 is 14.3 Å². The topological polar surface area (TPSA) is 69.9 Å². The lowest BCUT2D eigenvalue weighted by molar-refractivity contribution is -0.139. The Morgan fingerprint density at radius 1 is 1.19 bits per heavy atom. The van der Waals surface area contributed by atoms with E-state index in [-0.39, 0.29) is 12.2 Å². The van der Waals surface area contributed by atoms with E-state index < -0.39 is 12.0 Å². The Bertz CT molecular complexity index is 1510. The Labute approximate surface area is 230 Å². The number of aromatic nitrogens is 1. The second-order valence-electron chi connectivity index (χ2n) is 8.64. The van der Waals surface area contributed by atoms with Crippen LogP contribution in [-0.2, 0) is 9.53 Å². The summed E-state index contributed by atoms with van der Waals surface area (Å²) in [6.45, 7) is 8.04. The largest absolute Gasteiger partial charge is 0.494 e. The zero-order valence-electron chi connectivity index (χ0n) is 20.6. The molecule has 1 aliphatic heterocycles. The number of allylic oxidation sites excluding steroid dienone is 1. The van der Waals surface area contributed by atoms with Gasteiger partial charge in [0.15, 0.2) is 4.80 Å². The van der Waals surface area contributed by atoms with E-state index in [4.69, 9.17) is 9.47 Å². The molecule has 2 aromatic carbocycles. The summed E-state index contributed by atoms with van der Waals surface area (Å²) >= 11 is 8.33. The van der Waals surface area contributed by atoms with Crippen LogP contribution in [0, 0.1) is 0 Å². The van der Waals surface area contributed by atoms with Crippen molar-refractivity contribution >= 4 is 55.2 Å². The average molecular weight is 634 g/mol. The van der Waals surface area contributed by atoms with Gasteiger partial charge in [-0.1, -0.05) is 49.4 Å². The molecule has 1 aromatic heterocycles. The summed E-state index contributed by atoms with van der Waals surface area (Å²) in [7, 11) is 1.60. The molecule has 3 aromatic rings. The number of thiazole rings is 1. The van der Waals surface area contributed by atoms with Crippen molar-refractivity contribution in [1.82, 2.24) is 4.57 Å². The van der Waals surface area contributed by atoms with Gasteiger partial charge in [0.1, 0.15) is 5.75 Å². The summed E-state index contributed by atoms with van der Waals surface area (Å²) in [6.07, 6.45) is 1.82. The van der Waals surface area contributed by atoms with Crippen LogP contribution in [0.3, 0.4) is 0 Å². The summed E-state index contributed by atoms with van der Waals surface area (Å²) in [5.41, 5.74) is 3.55. The molecule has 4 rings (SSSR count). The fraction of sp³-hybridized carbons (Fsp3) is 0.296. The quantitative estimate of drug-likeness (QED) is 0.338. The highest BCUT2D eigenvalue weighted by molar-refractivity contribution is 9.11. The van der Waals surface area contributed by atoms with E-state index in [9.17, 15) is 9.59 Å². The minimum atomic E-state index is -0.627. The summed E-state index contributed by atoms with van der Waals surface area (Å²) in [6, 6.07) is 11.2. The second-order valence-corrected chi connectivity index (χ2v) is 11.4. The van der Waals surface area contributed by atoms with Crippen LogP contribution in [-0.4, -0.2) is 24.3 Å². The molecule has 0 amide bonds. The van der Waals surface area contributed by atoms with Gasteiger partial charge >= 0.3 is 5.97 Å². The van der Waals surface area contributed by atoms with E-state index in [1.165, 1.54) is 16.9 Å². The number of esters is 1. The minimum absolute atomic E-state index is 0.214. The van der Waals surface area contributed by atoms with Gasteiger partial charge in [0.25, 0.3) is 5.56 Å². The molecule has 0 radical (unpaired) electrons. The standard InChI is InChI=1S/C27H26Br2N2O4S/c1-6-35-26(33)22-15(4)30-27-31(23(22)18-9-7-17(8-10-18)14(2)3)25(32)21(36-27)13-16-11-19(28)24(34-5)20(29)12-16/h7-14,23H,6H2,1-5H3/b21-13-/t23-/m1/s1. The molecule has 0 bridgehead atoms. The molecule has 1 aliphatic rings. The van der Waals surface area contributed by atoms with Gasteiger partial charge in [0, 0.05) is 0 Å². The Hall–Kier alpha value is -2.49. The van der Waals surface area contributed by atoms with Crippen LogP contribution in [0.5, 0.6) is 5.75 Å². The first-order chi connectivity index (χ1) is 17.2. The number of nitrogens with zero attached hydrogens (tertiary/aromatic N) is 2. The number of hydrogen-bond donors (Lipinski definition) is 0. The molecule has 0 fully saturated rings. The number of carbonyl (C=O) groups is 1. The van der Waals surface area contributed by atoms with Gasteiger partial charge in [-0.2, -0.15) is 0 Å². The van der Waals surface area contributed by atoms with E-state index in [0.29, 0.717) is 32.3 Å². The molecule has 9 heteroatoms. The summed E-state index contributed by atoms with van der Waals surface area (Å²) in [4.78, 5) is 32.0. The maximum absolute atomic E-state index is 13.8. The van der Waals surface area contributed by atoms with Crippen molar-refractivity contribution in [3.8, 4) is 5.75 Å². The van der Waals surface area contributed by atoms with E-state index in [1.54, 1.807) is 25.5 Å². The second kappa shape index (κ2) is 10.9. The van der Waals surface area contributed by atoms with Crippen LogP contribution in [0.15, 0.2) is 66.4 Å². The van der Waals surface area contributed by atoms with Gasteiger partial charge in [-0.05, 0) is 86.5 Å². The monoisotopic (exact) mass is 632 g/mol. The maximum Gasteiger partial charge on any atom is 0.338 e. The van der Waals surface area contributed by atoms with Crippen molar-refractivity contribution in [2.24, 2.45) is 4.99 Å². The summed E-state index contributed by atoms with van der Waals surface area (Å²) < 4.78 is 14.4. The fourth-order valence-electron chi connectivity index (χ4n) is 4.18. The van der Waals surface area contributed by atoms with Crippen molar-refractivity contribution in [2.75, 3.05) is 13.7 Å². The summed E-state index contributed by atoms with van der Waals surface area (Å²) in [5.74, 6) is 0.577. The Kier molecular flexibility index (Phi) is 8.02. The third-order valence-electron chi connectivity index (χ3n) is 5.96. The minimum Gasteiger partial charge on any atom is -0.494 e. The van der Waals surface area contributed by atoms with Crippen molar-refractivity contribution in [3.05, 3.63) is 93.0 Å². The molecule has 188 valence electrons. The van der Waals surface area contributed by atoms with Crippen LogP contribution in [0.4, 0.5) is 0 Å². The number of methoxy groups -OCH3 is 1. The van der Waals surface area contributed by atoms with E-state index in [2.05, 4.69) is 50.7 Å². The highest BCUT2D eigenvalue weighted by Crippen LogP contribution is 2.35. The first-order valence-electron chi connectivity index (χ1n) is 11.5. The van der Waals surface area contributed by atoms with Gasteiger partial charge in [0.05, 0.1) is 44.5 Å². The first-order valence-corrected chi connectivity index (χ1v) is 13.9. The van der Waals surface area contributed by atoms with E-state index >= 15 is 0 Å². The molecule has 0 unspecified atom stereocenters. The molecule has 0 saturated carbocycles. The molecule has 1 atom stereocenters. The number of hydrogen-bond acceptors (Lipinski definition) is 6. The van der Waals surface area contributed by atoms with Gasteiger partial charge in [0.2, 0.25) is 0 Å². The first kappa shape index (κ1) is 26.6. The molecular weight excluding hydrogens is 608 g/mol. The Morgan fingerprint density at radius 2 is 1.83 bits per heavy atom. The average Bonchev–Trinajstić information content (AvgIpc) is 3.12. The maximum atomic E-state index is 13.8. The summed E-state index contributed by atoms with van der Waals surface area (Å²) in [5, 5.41) is 0. The normalized spacial score (nSPS) is 15.7. The number of fused-ring (bicyclic) bond motifs is 1. The predicted octanol–water partition coefficient (Wildman–Crippen LogP) is 5.46. The lowest BCUT2D eigenvalue weighted by atomic mass is 9.93. The van der Waals surface area contributed by atoms with Crippen LogP contribution in [0.1, 0.15) is 56.3 Å². The lowest BCUT2D eigenvalue weighted by Gasteiger charge is -2.25. The van der Waals surface area contributed by atoms with Crippen LogP contribution in [0.2, 0.25) is 0 Å². The molecule has 0 spiro atoms. The Morgan fingerprint density at radius 3 is 2.39 bits per heavy atom. The molecular formula is C27H26Br2N2O4S. The van der Waals surface area contributed by atoms with Gasteiger partial charge < -0.3 is 9.47 Å². The number of ether oxygens (including phenoxy) is 2. The fourth-order valence-corrected chi connectivity index (χ4v) is 6.77. The third-order valence-corrected chi connectivity index (χ3v) is 8.12. The predicted molar refractivity (Wildman–Crippen MR) is 149 cm³/mol. The Balaban J connectivity index is 1.93. The lowest BCUT2D eigenvalue weighted by Crippen LogP contribution is -2.39. The van der Waals surface area contributed by atoms with Crippen molar-refractivity contribution in [2.45, 2.75) is 39.7 Å². The van der Waals surface area contributed by atoms with Gasteiger partial charge in [-0.25, -0.2) is 9.79 Å². The van der Waals surface area contributed by atoms with Crippen molar-refractivity contribution in [1.29, 1.82) is 0 Å². The molecule has 0 saturated heterocycles. The SMILES string of the molecule is CCOC(=O)C1=C(C)N=c2s/c(=C\c3cc(Br)c(OC)c(Br)c3)c(=O)n2[C@@H]1c1ccc(C(C)C)cc1. The zero-order chi connectivity index (χ0) is 26.1. The number of carbonyl (C=O) groups excluding carboxylic acids is 1. The molecule has 0 N–H and O–H groups in total. The molecule has 0 aliphatic carbocycles. The van der Waals surface area contributed by atoms with Gasteiger partial charge in [-0.15, -0.1) is 0 Å². The van der Waals surface area contributed by atoms with Crippen LogP contribution >= 0.6 is 43.2 Å². The number of benzene rings is 2. The highest BCUT2D eigenvalue weighted by Gasteiger charge is 2.33. The highest BCUT2D eigenvalue weighted by atomic mass is 79.9. The van der Waals surface area contributed by atoms with E-state index in [1.807, 2.05) is 42.5 Å². The third kappa shape index (κ3) is 5.01. The molecule has 36 heavy (non-hydrogen) atoms. The number of halogens is 2. The van der Waals surface area contributed by atoms with Crippen LogP contribution in [0.25, 0.3) is 6.08 Å².